The largest absolute Gasteiger partial charge is 0.507 e. The van der Waals surface area contributed by atoms with Crippen LogP contribution < -0.4 is 15.7 Å². The number of phenolic OH excluding ortho intramolecular Hbond substituents is 1. The lowest BCUT2D eigenvalue weighted by Crippen LogP contribution is -2.35. The molecule has 0 saturated heterocycles. The molecular formula is C60H38BN2O2. The van der Waals surface area contributed by atoms with Crippen LogP contribution in [-0.2, 0) is 0 Å². The molecule has 0 saturated carbocycles. The van der Waals surface area contributed by atoms with Gasteiger partial charge in [-0.1, -0.05) is 158 Å². The minimum absolute atomic E-state index is 0.188. The first-order valence-corrected chi connectivity index (χ1v) is 22.1. The summed E-state index contributed by atoms with van der Waals surface area (Å²) in [5.74, 6) is 1.70. The van der Waals surface area contributed by atoms with E-state index in [1.165, 1.54) is 21.5 Å². The van der Waals surface area contributed by atoms with Crippen molar-refractivity contribution in [1.29, 1.82) is 0 Å². The van der Waals surface area contributed by atoms with Crippen molar-refractivity contribution in [2.75, 3.05) is 0 Å². The molecule has 0 amide bonds. The van der Waals surface area contributed by atoms with Crippen molar-refractivity contribution >= 4 is 61.8 Å². The highest BCUT2D eigenvalue weighted by atomic mass is 16.5. The number of hydrogen-bond acceptors (Lipinski definition) is 2. The molecule has 0 bridgehead atoms. The third-order valence-electron chi connectivity index (χ3n) is 13.1. The Hall–Kier alpha value is -8.54. The van der Waals surface area contributed by atoms with E-state index < -0.39 is 0 Å². The lowest BCUT2D eigenvalue weighted by Gasteiger charge is -2.25. The number of rotatable bonds is 6. The Morgan fingerprint density at radius 1 is 0.354 bits per heavy atom. The van der Waals surface area contributed by atoms with Crippen molar-refractivity contribution < 1.29 is 9.84 Å². The molecule has 12 aromatic rings. The standard InChI is InChI=1S/C60H38BN2O2/c64-57-35-39(44-20-6-11-25-52(44)63-55-28-14-9-23-47(55)48-24-10-15-29-56(48)63)30-32-49(57)50-34-40(43-19-5-4-18-42(43)38-16-2-1-3-17-38)36-59-60(50)61-51-37-41(31-33-58(51)65-59)62-53-26-12-7-21-45(53)46-22-8-13-27-54(46)62/h1-37,64H. The van der Waals surface area contributed by atoms with Crippen LogP contribution in [0.15, 0.2) is 224 Å². The number of aromatic nitrogens is 2. The van der Waals surface area contributed by atoms with Crippen LogP contribution in [0.1, 0.15) is 0 Å². The first-order valence-electron chi connectivity index (χ1n) is 22.1. The van der Waals surface area contributed by atoms with Gasteiger partial charge in [-0.15, -0.1) is 0 Å². The van der Waals surface area contributed by atoms with Gasteiger partial charge in [-0.2, -0.15) is 0 Å². The van der Waals surface area contributed by atoms with E-state index in [0.29, 0.717) is 0 Å². The topological polar surface area (TPSA) is 39.3 Å². The number of nitrogens with zero attached hydrogens (tertiary/aromatic N) is 2. The Morgan fingerprint density at radius 2 is 0.892 bits per heavy atom. The molecule has 2 aromatic heterocycles. The maximum atomic E-state index is 12.4. The van der Waals surface area contributed by atoms with E-state index in [1.807, 2.05) is 12.1 Å². The Labute approximate surface area is 376 Å². The minimum atomic E-state index is 0.188. The van der Waals surface area contributed by atoms with Crippen LogP contribution in [0.5, 0.6) is 17.2 Å². The monoisotopic (exact) mass is 829 g/mol. The van der Waals surface area contributed by atoms with E-state index in [2.05, 4.69) is 229 Å². The van der Waals surface area contributed by atoms with Crippen molar-refractivity contribution in [1.82, 2.24) is 9.13 Å². The Kier molecular flexibility index (Phi) is 8.43. The molecular weight excluding hydrogens is 791 g/mol. The normalized spacial score (nSPS) is 12.0. The van der Waals surface area contributed by atoms with Crippen LogP contribution in [0, 0.1) is 0 Å². The fraction of sp³-hybridized carbons (Fsp3) is 0. The van der Waals surface area contributed by atoms with Crippen LogP contribution in [0.2, 0.25) is 0 Å². The molecule has 0 unspecified atom stereocenters. The summed E-state index contributed by atoms with van der Waals surface area (Å²) < 4.78 is 11.6. The van der Waals surface area contributed by atoms with Gasteiger partial charge in [0.15, 0.2) is 0 Å². The number of hydrogen-bond donors (Lipinski definition) is 1. The lowest BCUT2D eigenvalue weighted by atomic mass is 9.59. The summed E-state index contributed by atoms with van der Waals surface area (Å²) in [5, 5.41) is 17.2. The quantitative estimate of drug-likeness (QED) is 0.170. The van der Waals surface area contributed by atoms with Gasteiger partial charge >= 0.3 is 0 Å². The summed E-state index contributed by atoms with van der Waals surface area (Å²) >= 11 is 0. The molecule has 0 aliphatic carbocycles. The van der Waals surface area contributed by atoms with Gasteiger partial charge in [-0.25, -0.2) is 0 Å². The minimum Gasteiger partial charge on any atom is -0.507 e. The summed E-state index contributed by atoms with van der Waals surface area (Å²) in [7, 11) is 2.22. The second-order valence-corrected chi connectivity index (χ2v) is 16.8. The molecule has 5 heteroatoms. The molecule has 1 aliphatic rings. The van der Waals surface area contributed by atoms with Crippen LogP contribution in [0.25, 0.3) is 99.5 Å². The van der Waals surface area contributed by atoms with Crippen LogP contribution in [0.4, 0.5) is 0 Å². The molecule has 65 heavy (non-hydrogen) atoms. The summed E-state index contributed by atoms with van der Waals surface area (Å²) in [6.07, 6.45) is 0. The number of ether oxygens (including phenoxy) is 1. The highest BCUT2D eigenvalue weighted by Crippen LogP contribution is 2.43. The number of phenols is 1. The highest BCUT2D eigenvalue weighted by Gasteiger charge is 2.26. The number of para-hydroxylation sites is 5. The van der Waals surface area contributed by atoms with Crippen molar-refractivity contribution in [3.63, 3.8) is 0 Å². The van der Waals surface area contributed by atoms with E-state index >= 15 is 0 Å². The fourth-order valence-electron chi connectivity index (χ4n) is 10.2. The molecule has 0 fully saturated rings. The van der Waals surface area contributed by atoms with Gasteiger partial charge < -0.3 is 19.0 Å². The molecule has 1 aliphatic heterocycles. The lowest BCUT2D eigenvalue weighted by molar-refractivity contribution is 0.477. The predicted molar refractivity (Wildman–Crippen MR) is 270 cm³/mol. The van der Waals surface area contributed by atoms with Gasteiger partial charge in [-0.05, 0) is 111 Å². The Balaban J connectivity index is 0.973. The summed E-state index contributed by atoms with van der Waals surface area (Å²) in [6, 6.07) is 78.7. The second kappa shape index (κ2) is 14.8. The highest BCUT2D eigenvalue weighted by molar-refractivity contribution is 6.71. The van der Waals surface area contributed by atoms with Crippen molar-refractivity contribution in [3.8, 4) is 73.1 Å². The van der Waals surface area contributed by atoms with Crippen molar-refractivity contribution in [2.24, 2.45) is 0 Å². The molecule has 303 valence electrons. The molecule has 1 radical (unpaired) electrons. The molecule has 10 aromatic carbocycles. The number of benzene rings is 10. The Morgan fingerprint density at radius 3 is 1.52 bits per heavy atom. The molecule has 4 nitrogen and oxygen atoms in total. The number of aromatic hydroxyl groups is 1. The van der Waals surface area contributed by atoms with Crippen molar-refractivity contribution in [3.05, 3.63) is 224 Å². The zero-order chi connectivity index (χ0) is 43.0. The van der Waals surface area contributed by atoms with E-state index in [-0.39, 0.29) is 5.75 Å². The molecule has 0 spiro atoms. The zero-order valence-corrected chi connectivity index (χ0v) is 35.2. The van der Waals surface area contributed by atoms with E-state index in [1.54, 1.807) is 0 Å². The van der Waals surface area contributed by atoms with Gasteiger partial charge in [0, 0.05) is 38.4 Å². The van der Waals surface area contributed by atoms with Gasteiger partial charge in [0.2, 0.25) is 7.28 Å². The van der Waals surface area contributed by atoms with E-state index in [0.717, 1.165) is 100 Å². The van der Waals surface area contributed by atoms with Crippen LogP contribution in [0.3, 0.4) is 0 Å². The maximum Gasteiger partial charge on any atom is 0.202 e. The zero-order valence-electron chi connectivity index (χ0n) is 35.2. The third-order valence-corrected chi connectivity index (χ3v) is 13.1. The summed E-state index contributed by atoms with van der Waals surface area (Å²) in [5.41, 5.74) is 16.4. The van der Waals surface area contributed by atoms with Crippen LogP contribution >= 0.6 is 0 Å². The first-order chi connectivity index (χ1) is 32.2. The smallest absolute Gasteiger partial charge is 0.202 e. The molecule has 3 heterocycles. The average Bonchev–Trinajstić information content (AvgIpc) is 3.89. The summed E-state index contributed by atoms with van der Waals surface area (Å²) in [6.45, 7) is 0. The third kappa shape index (κ3) is 5.93. The fourth-order valence-corrected chi connectivity index (χ4v) is 10.2. The molecule has 13 rings (SSSR count). The number of fused-ring (bicyclic) bond motifs is 8. The average molecular weight is 830 g/mol. The first kappa shape index (κ1) is 37.1. The summed E-state index contributed by atoms with van der Waals surface area (Å²) in [4.78, 5) is 0. The van der Waals surface area contributed by atoms with Crippen molar-refractivity contribution in [2.45, 2.75) is 0 Å². The van der Waals surface area contributed by atoms with Gasteiger partial charge in [0.05, 0.1) is 27.8 Å². The Bertz CT molecular complexity index is 3760. The van der Waals surface area contributed by atoms with Crippen LogP contribution in [-0.4, -0.2) is 21.5 Å². The van der Waals surface area contributed by atoms with E-state index in [9.17, 15) is 5.11 Å². The van der Waals surface area contributed by atoms with Gasteiger partial charge in [0.25, 0.3) is 0 Å². The second-order valence-electron chi connectivity index (χ2n) is 16.8. The van der Waals surface area contributed by atoms with Gasteiger partial charge in [-0.3, -0.25) is 0 Å². The van der Waals surface area contributed by atoms with E-state index in [4.69, 9.17) is 4.74 Å². The molecule has 0 atom stereocenters. The SMILES string of the molecule is Oc1cc(-c2ccccc2-n2c3ccccc3c3ccccc32)ccc1-c1cc(-c2ccccc2-c2ccccc2)cc2c1[B]c1cc(-n3c4ccccc4c4ccccc43)ccc1O2. The van der Waals surface area contributed by atoms with Gasteiger partial charge in [0.1, 0.15) is 17.2 Å². The molecule has 1 N–H and O–H groups in total. The maximum absolute atomic E-state index is 12.4. The predicted octanol–water partition coefficient (Wildman–Crippen LogP) is 14.0.